The Balaban J connectivity index is 1.62. The third-order valence-corrected chi connectivity index (χ3v) is 3.92. The molecule has 1 aliphatic carbocycles. The molecule has 18 heavy (non-hydrogen) atoms. The highest BCUT2D eigenvalue weighted by atomic mass is 16.5. The molecule has 5 heteroatoms. The number of aliphatic hydroxyl groups excluding tert-OH is 2. The van der Waals surface area contributed by atoms with E-state index >= 15 is 0 Å². The van der Waals surface area contributed by atoms with Gasteiger partial charge in [-0.1, -0.05) is 12.8 Å². The highest BCUT2D eigenvalue weighted by molar-refractivity contribution is 4.81. The standard InChI is InChI=1S/C13H26N2O3/c16-11(10-15-5-7-18-8-6-15)9-14-12-3-1-2-4-13(12)17/h11-14,16-17H,1-10H2. The van der Waals surface area contributed by atoms with Crippen molar-refractivity contribution in [3.05, 3.63) is 0 Å². The van der Waals surface area contributed by atoms with Gasteiger partial charge in [0.15, 0.2) is 0 Å². The number of hydrogen-bond donors (Lipinski definition) is 3. The summed E-state index contributed by atoms with van der Waals surface area (Å²) in [5, 5.41) is 23.1. The van der Waals surface area contributed by atoms with Gasteiger partial charge in [-0.15, -0.1) is 0 Å². The third-order valence-electron chi connectivity index (χ3n) is 3.92. The second-order valence-corrected chi connectivity index (χ2v) is 5.43. The maximum absolute atomic E-state index is 9.99. The normalized spacial score (nSPS) is 32.3. The van der Waals surface area contributed by atoms with Gasteiger partial charge in [-0.05, 0) is 12.8 Å². The van der Waals surface area contributed by atoms with E-state index in [4.69, 9.17) is 4.74 Å². The molecule has 0 amide bonds. The van der Waals surface area contributed by atoms with Crippen LogP contribution in [0.3, 0.4) is 0 Å². The van der Waals surface area contributed by atoms with Crippen molar-refractivity contribution >= 4 is 0 Å². The van der Waals surface area contributed by atoms with Crippen LogP contribution in [-0.2, 0) is 4.74 Å². The lowest BCUT2D eigenvalue weighted by Crippen LogP contribution is -2.48. The van der Waals surface area contributed by atoms with Crippen molar-refractivity contribution in [2.75, 3.05) is 39.4 Å². The van der Waals surface area contributed by atoms with E-state index < -0.39 is 0 Å². The summed E-state index contributed by atoms with van der Waals surface area (Å²) in [5.74, 6) is 0. The van der Waals surface area contributed by atoms with Crippen molar-refractivity contribution in [1.82, 2.24) is 10.2 Å². The number of rotatable bonds is 5. The Morgan fingerprint density at radius 3 is 2.67 bits per heavy atom. The Bertz CT molecular complexity index is 234. The predicted molar refractivity (Wildman–Crippen MR) is 69.5 cm³/mol. The first-order valence-electron chi connectivity index (χ1n) is 7.15. The smallest absolute Gasteiger partial charge is 0.0791 e. The molecule has 1 saturated carbocycles. The maximum atomic E-state index is 9.99. The third kappa shape index (κ3) is 4.48. The summed E-state index contributed by atoms with van der Waals surface area (Å²) in [6, 6.07) is 0.165. The Morgan fingerprint density at radius 1 is 1.22 bits per heavy atom. The Morgan fingerprint density at radius 2 is 1.94 bits per heavy atom. The van der Waals surface area contributed by atoms with Crippen LogP contribution in [0, 0.1) is 0 Å². The Kier molecular flexibility index (Phi) is 5.85. The van der Waals surface area contributed by atoms with Crippen molar-refractivity contribution < 1.29 is 14.9 Å². The van der Waals surface area contributed by atoms with Crippen LogP contribution in [-0.4, -0.2) is 72.8 Å². The zero-order valence-corrected chi connectivity index (χ0v) is 11.1. The predicted octanol–water partition coefficient (Wildman–Crippen LogP) is -0.427. The van der Waals surface area contributed by atoms with Gasteiger partial charge in [0.1, 0.15) is 0 Å². The first-order valence-corrected chi connectivity index (χ1v) is 7.15. The Labute approximate surface area is 109 Å². The molecule has 0 radical (unpaired) electrons. The van der Waals surface area contributed by atoms with E-state index in [-0.39, 0.29) is 18.2 Å². The second kappa shape index (κ2) is 7.40. The molecule has 5 nitrogen and oxygen atoms in total. The molecule has 0 spiro atoms. The monoisotopic (exact) mass is 258 g/mol. The molecule has 1 heterocycles. The minimum absolute atomic E-state index is 0.165. The molecular weight excluding hydrogens is 232 g/mol. The van der Waals surface area contributed by atoms with Gasteiger partial charge in [-0.25, -0.2) is 0 Å². The highest BCUT2D eigenvalue weighted by Crippen LogP contribution is 2.18. The molecule has 3 N–H and O–H groups in total. The molecule has 0 aromatic carbocycles. The molecule has 0 aromatic heterocycles. The summed E-state index contributed by atoms with van der Waals surface area (Å²) in [7, 11) is 0. The summed E-state index contributed by atoms with van der Waals surface area (Å²) in [5.41, 5.74) is 0. The minimum atomic E-state index is -0.364. The number of hydrogen-bond acceptors (Lipinski definition) is 5. The largest absolute Gasteiger partial charge is 0.392 e. The second-order valence-electron chi connectivity index (χ2n) is 5.43. The van der Waals surface area contributed by atoms with Crippen LogP contribution in [0.4, 0.5) is 0 Å². The molecule has 1 aliphatic heterocycles. The average Bonchev–Trinajstić information content (AvgIpc) is 2.39. The average molecular weight is 258 g/mol. The molecular formula is C13H26N2O3. The topological polar surface area (TPSA) is 65.0 Å². The van der Waals surface area contributed by atoms with E-state index in [2.05, 4.69) is 10.2 Å². The van der Waals surface area contributed by atoms with Gasteiger partial charge in [0, 0.05) is 32.2 Å². The number of nitrogens with one attached hydrogen (secondary N) is 1. The maximum Gasteiger partial charge on any atom is 0.0791 e. The summed E-state index contributed by atoms with van der Waals surface area (Å²) >= 11 is 0. The van der Waals surface area contributed by atoms with Gasteiger partial charge < -0.3 is 20.3 Å². The number of aliphatic hydroxyl groups is 2. The van der Waals surface area contributed by atoms with Crippen LogP contribution < -0.4 is 5.32 Å². The van der Waals surface area contributed by atoms with Crippen molar-refractivity contribution in [3.63, 3.8) is 0 Å². The number of β-amino-alcohol motifs (C(OH)–C–C–N with tert-alkyl or cyclic N) is 1. The molecule has 1 saturated heterocycles. The van der Waals surface area contributed by atoms with E-state index in [1.807, 2.05) is 0 Å². The number of nitrogens with zero attached hydrogens (tertiary/aromatic N) is 1. The quantitative estimate of drug-likeness (QED) is 0.625. The SMILES string of the molecule is OC(CNC1CCCCC1O)CN1CCOCC1. The number of ether oxygens (including phenoxy) is 1. The van der Waals surface area contributed by atoms with E-state index in [0.717, 1.165) is 45.6 Å². The van der Waals surface area contributed by atoms with Gasteiger partial charge >= 0.3 is 0 Å². The van der Waals surface area contributed by atoms with Crippen molar-refractivity contribution in [1.29, 1.82) is 0 Å². The van der Waals surface area contributed by atoms with Crippen LogP contribution in [0.25, 0.3) is 0 Å². The van der Waals surface area contributed by atoms with E-state index in [1.54, 1.807) is 0 Å². The first-order chi connectivity index (χ1) is 8.75. The lowest BCUT2D eigenvalue weighted by Gasteiger charge is -2.31. The molecule has 2 aliphatic rings. The fraction of sp³-hybridized carbons (Fsp3) is 1.00. The Hall–Kier alpha value is -0.200. The zero-order valence-electron chi connectivity index (χ0n) is 11.1. The van der Waals surface area contributed by atoms with Gasteiger partial charge in [-0.2, -0.15) is 0 Å². The molecule has 0 aromatic rings. The molecule has 2 fully saturated rings. The van der Waals surface area contributed by atoms with Crippen molar-refractivity contribution in [2.24, 2.45) is 0 Å². The minimum Gasteiger partial charge on any atom is -0.392 e. The van der Waals surface area contributed by atoms with Gasteiger partial charge in [0.2, 0.25) is 0 Å². The van der Waals surface area contributed by atoms with Crippen molar-refractivity contribution in [2.45, 2.75) is 43.9 Å². The summed E-state index contributed by atoms with van der Waals surface area (Å²) in [6.07, 6.45) is 3.60. The van der Waals surface area contributed by atoms with Crippen LogP contribution >= 0.6 is 0 Å². The summed E-state index contributed by atoms with van der Waals surface area (Å²) in [4.78, 5) is 2.23. The van der Waals surface area contributed by atoms with Crippen LogP contribution in [0.15, 0.2) is 0 Å². The highest BCUT2D eigenvalue weighted by Gasteiger charge is 2.23. The van der Waals surface area contributed by atoms with Crippen LogP contribution in [0.2, 0.25) is 0 Å². The van der Waals surface area contributed by atoms with Crippen LogP contribution in [0.5, 0.6) is 0 Å². The van der Waals surface area contributed by atoms with E-state index in [9.17, 15) is 10.2 Å². The van der Waals surface area contributed by atoms with Crippen molar-refractivity contribution in [3.8, 4) is 0 Å². The summed E-state index contributed by atoms with van der Waals surface area (Å²) < 4.78 is 5.28. The van der Waals surface area contributed by atoms with E-state index in [1.165, 1.54) is 6.42 Å². The fourth-order valence-corrected chi connectivity index (χ4v) is 2.78. The molecule has 106 valence electrons. The zero-order chi connectivity index (χ0) is 12.8. The molecule has 3 atom stereocenters. The molecule has 0 bridgehead atoms. The summed E-state index contributed by atoms with van der Waals surface area (Å²) in [6.45, 7) is 4.60. The van der Waals surface area contributed by atoms with Gasteiger partial charge in [0.05, 0.1) is 25.4 Å². The van der Waals surface area contributed by atoms with E-state index in [0.29, 0.717) is 13.1 Å². The lowest BCUT2D eigenvalue weighted by atomic mass is 9.92. The molecule has 2 rings (SSSR count). The fourth-order valence-electron chi connectivity index (χ4n) is 2.78. The molecule has 3 unspecified atom stereocenters. The number of morpholine rings is 1. The lowest BCUT2D eigenvalue weighted by molar-refractivity contribution is 0.0122. The first kappa shape index (κ1) is 14.2. The van der Waals surface area contributed by atoms with Gasteiger partial charge in [-0.3, -0.25) is 4.90 Å². The van der Waals surface area contributed by atoms with Crippen LogP contribution in [0.1, 0.15) is 25.7 Å². The van der Waals surface area contributed by atoms with Gasteiger partial charge in [0.25, 0.3) is 0 Å².